The molecule has 1 aliphatic carbocycles. The van der Waals surface area contributed by atoms with Crippen molar-refractivity contribution in [1.29, 1.82) is 5.26 Å². The molecule has 0 bridgehead atoms. The summed E-state index contributed by atoms with van der Waals surface area (Å²) >= 11 is 0. The zero-order valence-corrected chi connectivity index (χ0v) is 20.1. The van der Waals surface area contributed by atoms with E-state index < -0.39 is 0 Å². The first-order valence-electron chi connectivity index (χ1n) is 12.9. The Morgan fingerprint density at radius 3 is 2.77 bits per heavy atom. The van der Waals surface area contributed by atoms with Crippen molar-refractivity contribution in [3.63, 3.8) is 0 Å². The van der Waals surface area contributed by atoms with Gasteiger partial charge in [-0.2, -0.15) is 5.26 Å². The summed E-state index contributed by atoms with van der Waals surface area (Å²) in [5.41, 5.74) is 3.53. The predicted molar refractivity (Wildman–Crippen MR) is 137 cm³/mol. The fourth-order valence-corrected chi connectivity index (χ4v) is 6.08. The van der Waals surface area contributed by atoms with E-state index in [0.717, 1.165) is 48.8 Å². The maximum atomic E-state index is 13.5. The van der Waals surface area contributed by atoms with Crippen LogP contribution in [0.25, 0.3) is 10.9 Å². The molecule has 0 spiro atoms. The highest BCUT2D eigenvalue weighted by atomic mass is 19.1. The maximum Gasteiger partial charge on any atom is 0.224 e. The number of nitriles is 1. The topological polar surface area (TPSA) is 71.9 Å². The Hall–Kier alpha value is -3.33. The summed E-state index contributed by atoms with van der Waals surface area (Å²) in [5, 5.41) is 13.3. The molecular weight excluding hydrogens is 439 g/mol. The van der Waals surface area contributed by atoms with Crippen molar-refractivity contribution in [1.82, 2.24) is 10.3 Å². The molecule has 3 aromatic rings. The number of fused-ring (bicyclic) bond motifs is 1. The van der Waals surface area contributed by atoms with Gasteiger partial charge in [-0.15, -0.1) is 0 Å². The molecule has 1 saturated carbocycles. The van der Waals surface area contributed by atoms with Gasteiger partial charge >= 0.3 is 0 Å². The average Bonchev–Trinajstić information content (AvgIpc) is 3.26. The number of amides is 1. The van der Waals surface area contributed by atoms with Gasteiger partial charge in [0.25, 0.3) is 0 Å². The van der Waals surface area contributed by atoms with Gasteiger partial charge in [-0.1, -0.05) is 12.8 Å². The Labute approximate surface area is 206 Å². The smallest absolute Gasteiger partial charge is 0.224 e. The number of anilines is 1. The van der Waals surface area contributed by atoms with Crippen LogP contribution in [0.1, 0.15) is 56.1 Å². The van der Waals surface area contributed by atoms with Gasteiger partial charge in [0.05, 0.1) is 18.1 Å². The van der Waals surface area contributed by atoms with Crippen molar-refractivity contribution in [2.24, 2.45) is 11.8 Å². The minimum Gasteiger partial charge on any atom is -0.371 e. The lowest BCUT2D eigenvalue weighted by Crippen LogP contribution is -2.44. The predicted octanol–water partition coefficient (Wildman–Crippen LogP) is 5.70. The zero-order valence-electron chi connectivity index (χ0n) is 20.1. The molecule has 1 aliphatic heterocycles. The first-order chi connectivity index (χ1) is 17.1. The third kappa shape index (κ3) is 5.51. The maximum absolute atomic E-state index is 13.5. The molecule has 182 valence electrons. The Morgan fingerprint density at radius 1 is 1.11 bits per heavy atom. The lowest BCUT2D eigenvalue weighted by Gasteiger charge is -2.39. The molecule has 1 aromatic heterocycles. The van der Waals surface area contributed by atoms with Crippen LogP contribution in [0.3, 0.4) is 0 Å². The highest BCUT2D eigenvalue weighted by molar-refractivity contribution is 5.89. The average molecular weight is 473 g/mol. The van der Waals surface area contributed by atoms with E-state index in [9.17, 15) is 9.18 Å². The van der Waals surface area contributed by atoms with Gasteiger partial charge in [0.1, 0.15) is 5.82 Å². The van der Waals surface area contributed by atoms with Crippen LogP contribution in [0.15, 0.2) is 48.7 Å². The molecule has 5 rings (SSSR count). The van der Waals surface area contributed by atoms with Crippen LogP contribution < -0.4 is 10.2 Å². The fraction of sp³-hybridized carbons (Fsp3) is 0.448. The standard InChI is InChI=1S/C29H33FN4O/c30-24-9-12-26-23(18-32-28(26)16-24)15-29(35)33-27-6-2-1-5-22(27)14-21-4-3-13-34(19-21)25-10-7-20(17-31)8-11-25/h7-12,16,18,21-22,27,32H,1-6,13-15,19H2,(H,33,35)/t21-,22+,27-/m1/s1. The third-order valence-electron chi connectivity index (χ3n) is 7.85. The normalized spacial score (nSPS) is 22.6. The molecule has 6 heteroatoms. The van der Waals surface area contributed by atoms with Crippen molar-refractivity contribution >= 4 is 22.5 Å². The molecule has 2 fully saturated rings. The number of aromatic nitrogens is 1. The van der Waals surface area contributed by atoms with Gasteiger partial charge in [-0.05, 0) is 92.0 Å². The van der Waals surface area contributed by atoms with Crippen LogP contribution in [-0.2, 0) is 11.2 Å². The first kappa shape index (κ1) is 23.4. The van der Waals surface area contributed by atoms with E-state index in [2.05, 4.69) is 33.4 Å². The SMILES string of the molecule is N#Cc1ccc(N2CCC[C@H](C[C@@H]3CCCC[C@H]3NC(=O)Cc3c[nH]c4cc(F)ccc34)C2)cc1. The molecule has 2 heterocycles. The van der Waals surface area contributed by atoms with E-state index in [-0.39, 0.29) is 17.8 Å². The van der Waals surface area contributed by atoms with Crippen molar-refractivity contribution in [2.45, 2.75) is 57.4 Å². The molecule has 35 heavy (non-hydrogen) atoms. The summed E-state index contributed by atoms with van der Waals surface area (Å²) < 4.78 is 13.5. The monoisotopic (exact) mass is 472 g/mol. The van der Waals surface area contributed by atoms with Gasteiger partial charge in [-0.25, -0.2) is 4.39 Å². The number of carbonyl (C=O) groups excluding carboxylic acids is 1. The summed E-state index contributed by atoms with van der Waals surface area (Å²) in [7, 11) is 0. The van der Waals surface area contributed by atoms with E-state index in [4.69, 9.17) is 5.26 Å². The second kappa shape index (κ2) is 10.5. The van der Waals surface area contributed by atoms with Gasteiger partial charge in [0, 0.05) is 41.9 Å². The van der Waals surface area contributed by atoms with Crippen molar-refractivity contribution in [3.8, 4) is 6.07 Å². The Morgan fingerprint density at radius 2 is 1.94 bits per heavy atom. The molecule has 2 aromatic carbocycles. The number of nitrogens with zero attached hydrogens (tertiary/aromatic N) is 2. The number of rotatable bonds is 6. The summed E-state index contributed by atoms with van der Waals surface area (Å²) in [5.74, 6) is 0.900. The second-order valence-electron chi connectivity index (χ2n) is 10.2. The number of halogens is 1. The number of piperidine rings is 1. The number of hydrogen-bond acceptors (Lipinski definition) is 3. The van der Waals surface area contributed by atoms with Gasteiger partial charge in [0.2, 0.25) is 5.91 Å². The van der Waals surface area contributed by atoms with Crippen LogP contribution in [0, 0.1) is 29.0 Å². The van der Waals surface area contributed by atoms with Crippen LogP contribution in [-0.4, -0.2) is 30.0 Å². The highest BCUT2D eigenvalue weighted by Crippen LogP contribution is 2.34. The van der Waals surface area contributed by atoms with E-state index in [1.165, 1.54) is 43.5 Å². The fourth-order valence-electron chi connectivity index (χ4n) is 6.08. The van der Waals surface area contributed by atoms with Crippen molar-refractivity contribution < 1.29 is 9.18 Å². The Bertz CT molecular complexity index is 1210. The zero-order chi connectivity index (χ0) is 24.2. The lowest BCUT2D eigenvalue weighted by molar-refractivity contribution is -0.121. The quantitative estimate of drug-likeness (QED) is 0.483. The molecule has 5 nitrogen and oxygen atoms in total. The molecule has 0 radical (unpaired) electrons. The number of benzene rings is 2. The molecule has 1 amide bonds. The minimum absolute atomic E-state index is 0.0509. The summed E-state index contributed by atoms with van der Waals surface area (Å²) in [6, 6.07) is 15.0. The van der Waals surface area contributed by atoms with E-state index in [1.807, 2.05) is 18.3 Å². The third-order valence-corrected chi connectivity index (χ3v) is 7.85. The van der Waals surface area contributed by atoms with Crippen LogP contribution in [0.4, 0.5) is 10.1 Å². The molecular formula is C29H33FN4O. The molecule has 2 aliphatic rings. The largest absolute Gasteiger partial charge is 0.371 e. The van der Waals surface area contributed by atoms with Crippen molar-refractivity contribution in [2.75, 3.05) is 18.0 Å². The van der Waals surface area contributed by atoms with Gasteiger partial charge < -0.3 is 15.2 Å². The van der Waals surface area contributed by atoms with Crippen molar-refractivity contribution in [3.05, 3.63) is 65.6 Å². The van der Waals surface area contributed by atoms with Crippen LogP contribution in [0.5, 0.6) is 0 Å². The highest BCUT2D eigenvalue weighted by Gasteiger charge is 2.31. The minimum atomic E-state index is -0.277. The Balaban J connectivity index is 1.19. The van der Waals surface area contributed by atoms with E-state index >= 15 is 0 Å². The van der Waals surface area contributed by atoms with Crippen LogP contribution in [0.2, 0.25) is 0 Å². The van der Waals surface area contributed by atoms with E-state index in [0.29, 0.717) is 23.8 Å². The second-order valence-corrected chi connectivity index (χ2v) is 10.2. The van der Waals surface area contributed by atoms with Gasteiger partial charge in [-0.3, -0.25) is 4.79 Å². The first-order valence-corrected chi connectivity index (χ1v) is 12.9. The Kier molecular flexibility index (Phi) is 7.03. The summed E-state index contributed by atoms with van der Waals surface area (Å²) in [4.78, 5) is 18.5. The molecule has 2 N–H and O–H groups in total. The number of aromatic amines is 1. The number of nitrogens with one attached hydrogen (secondary N) is 2. The van der Waals surface area contributed by atoms with Crippen LogP contribution >= 0.6 is 0 Å². The summed E-state index contributed by atoms with van der Waals surface area (Å²) in [6.45, 7) is 2.09. The van der Waals surface area contributed by atoms with Gasteiger partial charge in [0.15, 0.2) is 0 Å². The molecule has 3 atom stereocenters. The number of carbonyl (C=O) groups is 1. The molecule has 0 unspecified atom stereocenters. The van der Waals surface area contributed by atoms with E-state index in [1.54, 1.807) is 6.07 Å². The summed E-state index contributed by atoms with van der Waals surface area (Å²) in [6.07, 6.45) is 10.3. The number of H-pyrrole nitrogens is 1. The lowest BCUT2D eigenvalue weighted by atomic mass is 9.77. The molecule has 1 saturated heterocycles. The number of hydrogen-bond donors (Lipinski definition) is 2.